The maximum absolute atomic E-state index is 11.8. The molecular weight excluding hydrogens is 370 g/mol. The Hall–Kier alpha value is -2.71. The molecule has 0 saturated heterocycles. The van der Waals surface area contributed by atoms with E-state index in [0.717, 1.165) is 15.6 Å². The minimum atomic E-state index is -0.207. The summed E-state index contributed by atoms with van der Waals surface area (Å²) in [5, 5.41) is 2.72. The zero-order valence-corrected chi connectivity index (χ0v) is 14.3. The second-order valence-electron chi connectivity index (χ2n) is 4.95. The number of fused-ring (bicyclic) bond motifs is 1. The Morgan fingerprint density at radius 3 is 2.75 bits per heavy atom. The average Bonchev–Trinajstić information content (AvgIpc) is 3.04. The molecule has 120 valence electrons. The molecule has 24 heavy (non-hydrogen) atoms. The van der Waals surface area contributed by atoms with Crippen molar-refractivity contribution in [1.82, 2.24) is 5.32 Å². The summed E-state index contributed by atoms with van der Waals surface area (Å²) < 4.78 is 11.5. The Balaban J connectivity index is 1.55. The molecule has 0 aromatic heterocycles. The number of carbonyl (C=O) groups is 1. The third-order valence-corrected chi connectivity index (χ3v) is 3.95. The van der Waals surface area contributed by atoms with Gasteiger partial charge in [0.25, 0.3) is 0 Å². The van der Waals surface area contributed by atoms with Gasteiger partial charge in [0, 0.05) is 16.1 Å². The van der Waals surface area contributed by atoms with Crippen molar-refractivity contribution in [3.63, 3.8) is 0 Å². The number of rotatable bonds is 3. The molecule has 1 heterocycles. The second kappa shape index (κ2) is 7.71. The van der Waals surface area contributed by atoms with Crippen LogP contribution in [-0.4, -0.2) is 19.2 Å². The monoisotopic (exact) mass is 383 g/mol. The normalized spacial score (nSPS) is 11.9. The summed E-state index contributed by atoms with van der Waals surface area (Å²) in [7, 11) is 0. The van der Waals surface area contributed by atoms with Gasteiger partial charge in [0.1, 0.15) is 0 Å². The van der Waals surface area contributed by atoms with Crippen LogP contribution in [0, 0.1) is 11.8 Å². The minimum Gasteiger partial charge on any atom is -0.454 e. The van der Waals surface area contributed by atoms with E-state index < -0.39 is 0 Å². The van der Waals surface area contributed by atoms with Crippen molar-refractivity contribution in [1.29, 1.82) is 0 Å². The van der Waals surface area contributed by atoms with Crippen LogP contribution in [0.25, 0.3) is 6.08 Å². The Labute approximate surface area is 148 Å². The molecule has 3 rings (SSSR count). The van der Waals surface area contributed by atoms with E-state index in [0.29, 0.717) is 18.0 Å². The van der Waals surface area contributed by atoms with Gasteiger partial charge < -0.3 is 14.8 Å². The molecule has 5 heteroatoms. The van der Waals surface area contributed by atoms with Gasteiger partial charge in [-0.1, -0.05) is 46.0 Å². The summed E-state index contributed by atoms with van der Waals surface area (Å²) >= 11 is 3.45. The highest BCUT2D eigenvalue weighted by Gasteiger charge is 2.15. The number of carbonyl (C=O) groups excluding carboxylic acids is 1. The van der Waals surface area contributed by atoms with E-state index in [1.807, 2.05) is 42.5 Å². The highest BCUT2D eigenvalue weighted by atomic mass is 79.9. The summed E-state index contributed by atoms with van der Waals surface area (Å²) in [5.74, 6) is 7.06. The predicted octanol–water partition coefficient (Wildman–Crippen LogP) is 3.36. The molecular formula is C19H14BrNO3. The standard InChI is InChI=1S/C19H14BrNO3/c20-16-12-18-17(23-13-24-18)11-15(16)8-9-19(22)21-10-4-7-14-5-2-1-3-6-14/h1-3,5-6,8-9,11-12H,10,13H2,(H,21,22). The topological polar surface area (TPSA) is 47.6 Å². The summed E-state index contributed by atoms with van der Waals surface area (Å²) in [4.78, 5) is 11.8. The van der Waals surface area contributed by atoms with Crippen molar-refractivity contribution in [2.75, 3.05) is 13.3 Å². The number of halogens is 1. The lowest BCUT2D eigenvalue weighted by Crippen LogP contribution is -2.20. The zero-order chi connectivity index (χ0) is 16.8. The van der Waals surface area contributed by atoms with Crippen molar-refractivity contribution in [2.45, 2.75) is 0 Å². The molecule has 0 fully saturated rings. The van der Waals surface area contributed by atoms with Gasteiger partial charge in [-0.05, 0) is 35.9 Å². The molecule has 0 radical (unpaired) electrons. The van der Waals surface area contributed by atoms with Gasteiger partial charge in [-0.25, -0.2) is 0 Å². The van der Waals surface area contributed by atoms with Crippen molar-refractivity contribution in [3.05, 3.63) is 64.1 Å². The van der Waals surface area contributed by atoms with Crippen LogP contribution in [0.5, 0.6) is 11.5 Å². The van der Waals surface area contributed by atoms with Crippen LogP contribution in [-0.2, 0) is 4.79 Å². The maximum Gasteiger partial charge on any atom is 0.244 e. The summed E-state index contributed by atoms with van der Waals surface area (Å²) in [6.07, 6.45) is 3.18. The first kappa shape index (κ1) is 16.2. The number of benzene rings is 2. The van der Waals surface area contributed by atoms with Crippen molar-refractivity contribution in [3.8, 4) is 23.3 Å². The smallest absolute Gasteiger partial charge is 0.244 e. The number of amides is 1. The SMILES string of the molecule is O=C(C=Cc1cc2c(cc1Br)OCO2)NCC#Cc1ccccc1. The van der Waals surface area contributed by atoms with Gasteiger partial charge in [-0.2, -0.15) is 0 Å². The summed E-state index contributed by atoms with van der Waals surface area (Å²) in [5.41, 5.74) is 1.76. The molecule has 0 bridgehead atoms. The summed E-state index contributed by atoms with van der Waals surface area (Å²) in [6.45, 7) is 0.510. The van der Waals surface area contributed by atoms with Gasteiger partial charge in [0.05, 0.1) is 6.54 Å². The number of nitrogens with one attached hydrogen (secondary N) is 1. The highest BCUT2D eigenvalue weighted by molar-refractivity contribution is 9.10. The van der Waals surface area contributed by atoms with Crippen LogP contribution in [0.15, 0.2) is 53.0 Å². The van der Waals surface area contributed by atoms with Gasteiger partial charge in [-0.15, -0.1) is 0 Å². The third-order valence-electron chi connectivity index (χ3n) is 3.26. The first-order valence-corrected chi connectivity index (χ1v) is 8.10. The van der Waals surface area contributed by atoms with E-state index in [-0.39, 0.29) is 12.7 Å². The van der Waals surface area contributed by atoms with Crippen LogP contribution in [0.3, 0.4) is 0 Å². The quantitative estimate of drug-likeness (QED) is 0.652. The molecule has 4 nitrogen and oxygen atoms in total. The Morgan fingerprint density at radius 2 is 1.96 bits per heavy atom. The molecule has 2 aromatic rings. The number of ether oxygens (including phenoxy) is 2. The summed E-state index contributed by atoms with van der Waals surface area (Å²) in [6, 6.07) is 13.3. The van der Waals surface area contributed by atoms with Crippen LogP contribution >= 0.6 is 15.9 Å². The highest BCUT2D eigenvalue weighted by Crippen LogP contribution is 2.37. The van der Waals surface area contributed by atoms with E-state index in [1.54, 1.807) is 6.08 Å². The fourth-order valence-corrected chi connectivity index (χ4v) is 2.54. The van der Waals surface area contributed by atoms with Gasteiger partial charge in [-0.3, -0.25) is 4.79 Å². The van der Waals surface area contributed by atoms with Crippen LogP contribution in [0.1, 0.15) is 11.1 Å². The zero-order valence-electron chi connectivity index (χ0n) is 12.7. The van der Waals surface area contributed by atoms with Crippen molar-refractivity contribution >= 4 is 27.9 Å². The molecule has 1 amide bonds. The van der Waals surface area contributed by atoms with Gasteiger partial charge in [0.2, 0.25) is 12.7 Å². The van der Waals surface area contributed by atoms with Gasteiger partial charge in [0.15, 0.2) is 11.5 Å². The molecule has 0 aliphatic carbocycles. The average molecular weight is 384 g/mol. The predicted molar refractivity (Wildman–Crippen MR) is 95.6 cm³/mol. The lowest BCUT2D eigenvalue weighted by atomic mass is 10.2. The Bertz CT molecular complexity index is 835. The third kappa shape index (κ3) is 4.18. The van der Waals surface area contributed by atoms with E-state index in [9.17, 15) is 4.79 Å². The molecule has 2 aromatic carbocycles. The molecule has 1 aliphatic heterocycles. The van der Waals surface area contributed by atoms with Crippen LogP contribution in [0.4, 0.5) is 0 Å². The maximum atomic E-state index is 11.8. The molecule has 0 saturated carbocycles. The van der Waals surface area contributed by atoms with E-state index >= 15 is 0 Å². The first-order valence-electron chi connectivity index (χ1n) is 7.31. The van der Waals surface area contributed by atoms with Crippen LogP contribution in [0.2, 0.25) is 0 Å². The Morgan fingerprint density at radius 1 is 1.21 bits per heavy atom. The fraction of sp³-hybridized carbons (Fsp3) is 0.105. The largest absolute Gasteiger partial charge is 0.454 e. The molecule has 0 atom stereocenters. The molecule has 0 unspecified atom stereocenters. The van der Waals surface area contributed by atoms with Crippen molar-refractivity contribution in [2.24, 2.45) is 0 Å². The number of hydrogen-bond acceptors (Lipinski definition) is 3. The lowest BCUT2D eigenvalue weighted by molar-refractivity contribution is -0.116. The van der Waals surface area contributed by atoms with Crippen molar-refractivity contribution < 1.29 is 14.3 Å². The molecule has 0 spiro atoms. The van der Waals surface area contributed by atoms with E-state index in [1.165, 1.54) is 6.08 Å². The molecule has 1 aliphatic rings. The van der Waals surface area contributed by atoms with E-state index in [2.05, 4.69) is 33.1 Å². The first-order chi connectivity index (χ1) is 11.7. The fourth-order valence-electron chi connectivity index (χ4n) is 2.08. The molecule has 1 N–H and O–H groups in total. The minimum absolute atomic E-state index is 0.207. The van der Waals surface area contributed by atoms with E-state index in [4.69, 9.17) is 9.47 Å². The Kier molecular flexibility index (Phi) is 5.19. The number of hydrogen-bond donors (Lipinski definition) is 1. The van der Waals surface area contributed by atoms with Gasteiger partial charge >= 0.3 is 0 Å². The lowest BCUT2D eigenvalue weighted by Gasteiger charge is -2.02. The van der Waals surface area contributed by atoms with Crippen LogP contribution < -0.4 is 14.8 Å². The second-order valence-corrected chi connectivity index (χ2v) is 5.80.